The lowest BCUT2D eigenvalue weighted by molar-refractivity contribution is 0.572. The standard InChI is InChI=1S/C10H13ClN4O4S2/c11-9-10(15-6-2-1-4-8(15)14-9)21(18,19)13-5-3-7-20(12,16)17/h1-2,4,6,13H,3,5,7H2,(H2,12,16,17). The topological polar surface area (TPSA) is 124 Å². The molecule has 2 aromatic heterocycles. The average molecular weight is 353 g/mol. The second-order valence-electron chi connectivity index (χ2n) is 4.25. The number of nitrogens with two attached hydrogens (primary N) is 1. The molecule has 11 heteroatoms. The van der Waals surface area contributed by atoms with Crippen LogP contribution >= 0.6 is 11.6 Å². The largest absolute Gasteiger partial charge is 0.288 e. The number of hydrogen-bond donors (Lipinski definition) is 2. The molecule has 0 aliphatic heterocycles. The Kier molecular flexibility index (Phi) is 4.54. The summed E-state index contributed by atoms with van der Waals surface area (Å²) in [6.45, 7) is -0.0742. The molecule has 8 nitrogen and oxygen atoms in total. The van der Waals surface area contributed by atoms with Crippen molar-refractivity contribution in [3.63, 3.8) is 0 Å². The van der Waals surface area contributed by atoms with Crippen LogP contribution in [0.25, 0.3) is 5.65 Å². The molecule has 116 valence electrons. The van der Waals surface area contributed by atoms with Gasteiger partial charge in [-0.25, -0.2) is 31.7 Å². The van der Waals surface area contributed by atoms with Gasteiger partial charge >= 0.3 is 0 Å². The fourth-order valence-corrected chi connectivity index (χ4v) is 3.99. The molecule has 2 heterocycles. The van der Waals surface area contributed by atoms with Gasteiger partial charge in [-0.2, -0.15) is 0 Å². The summed E-state index contributed by atoms with van der Waals surface area (Å²) in [5.41, 5.74) is 0.396. The van der Waals surface area contributed by atoms with E-state index in [-0.39, 0.29) is 28.9 Å². The Morgan fingerprint density at radius 2 is 2.00 bits per heavy atom. The lowest BCUT2D eigenvalue weighted by Crippen LogP contribution is -2.28. The lowest BCUT2D eigenvalue weighted by Gasteiger charge is -2.06. The minimum Gasteiger partial charge on any atom is -0.288 e. The number of nitrogens with one attached hydrogen (secondary N) is 1. The van der Waals surface area contributed by atoms with Crippen molar-refractivity contribution in [3.05, 3.63) is 29.5 Å². The van der Waals surface area contributed by atoms with Gasteiger partial charge in [0.05, 0.1) is 5.75 Å². The van der Waals surface area contributed by atoms with Crippen molar-refractivity contribution >= 4 is 37.3 Å². The Labute approximate surface area is 127 Å². The summed E-state index contributed by atoms with van der Waals surface area (Å²) in [6, 6.07) is 4.96. The van der Waals surface area contributed by atoms with Gasteiger partial charge in [0.2, 0.25) is 10.0 Å². The third kappa shape index (κ3) is 3.92. The predicted octanol–water partition coefficient (Wildman–Crippen LogP) is -0.0554. The van der Waals surface area contributed by atoms with Gasteiger partial charge in [-0.15, -0.1) is 0 Å². The van der Waals surface area contributed by atoms with Crippen molar-refractivity contribution in [2.24, 2.45) is 5.14 Å². The second kappa shape index (κ2) is 5.89. The molecule has 0 aromatic carbocycles. The average Bonchev–Trinajstić information content (AvgIpc) is 2.70. The fourth-order valence-electron chi connectivity index (χ4n) is 1.73. The molecule has 0 bridgehead atoms. The van der Waals surface area contributed by atoms with Gasteiger partial charge in [0.15, 0.2) is 10.2 Å². The van der Waals surface area contributed by atoms with Crippen molar-refractivity contribution in [1.82, 2.24) is 14.1 Å². The van der Waals surface area contributed by atoms with E-state index < -0.39 is 20.0 Å². The number of rotatable bonds is 6. The Hall–Kier alpha value is -1.20. The Balaban J connectivity index is 2.20. The fraction of sp³-hybridized carbons (Fsp3) is 0.300. The zero-order valence-electron chi connectivity index (χ0n) is 10.7. The number of aromatic nitrogens is 2. The summed E-state index contributed by atoms with van der Waals surface area (Å²) >= 11 is 5.87. The highest BCUT2D eigenvalue weighted by Gasteiger charge is 2.23. The minimum absolute atomic E-state index is 0.0619. The van der Waals surface area contributed by atoms with E-state index in [0.29, 0.717) is 5.65 Å². The number of imidazole rings is 1. The van der Waals surface area contributed by atoms with Crippen LogP contribution in [0.4, 0.5) is 0 Å². The highest BCUT2D eigenvalue weighted by molar-refractivity contribution is 7.89. The monoisotopic (exact) mass is 352 g/mol. The Morgan fingerprint density at radius 1 is 1.29 bits per heavy atom. The van der Waals surface area contributed by atoms with E-state index in [1.54, 1.807) is 18.2 Å². The van der Waals surface area contributed by atoms with Gasteiger partial charge in [0.25, 0.3) is 10.0 Å². The number of sulfonamides is 2. The number of primary sulfonamides is 1. The van der Waals surface area contributed by atoms with E-state index in [1.165, 1.54) is 10.6 Å². The molecule has 0 spiro atoms. The molecule has 0 saturated carbocycles. The number of halogens is 1. The van der Waals surface area contributed by atoms with Crippen molar-refractivity contribution in [2.45, 2.75) is 11.4 Å². The minimum atomic E-state index is -3.91. The maximum absolute atomic E-state index is 12.2. The molecule has 0 fully saturated rings. The molecule has 3 N–H and O–H groups in total. The number of hydrogen-bond acceptors (Lipinski definition) is 5. The van der Waals surface area contributed by atoms with Gasteiger partial charge in [-0.1, -0.05) is 17.7 Å². The molecule has 0 aliphatic rings. The van der Waals surface area contributed by atoms with Crippen molar-refractivity contribution in [3.8, 4) is 0 Å². The van der Waals surface area contributed by atoms with E-state index >= 15 is 0 Å². The zero-order chi connectivity index (χ0) is 15.7. The maximum atomic E-state index is 12.2. The van der Waals surface area contributed by atoms with Gasteiger partial charge in [-0.3, -0.25) is 4.40 Å². The molecular formula is C10H13ClN4O4S2. The molecule has 0 saturated heterocycles. The first-order chi connectivity index (χ1) is 9.71. The normalized spacial score (nSPS) is 12.9. The highest BCUT2D eigenvalue weighted by atomic mass is 35.5. The summed E-state index contributed by atoms with van der Waals surface area (Å²) in [5, 5.41) is 4.50. The van der Waals surface area contributed by atoms with E-state index in [1.807, 2.05) is 0 Å². The van der Waals surface area contributed by atoms with Crippen LogP contribution in [-0.2, 0) is 20.0 Å². The van der Waals surface area contributed by atoms with Crippen LogP contribution in [0, 0.1) is 0 Å². The second-order valence-corrected chi connectivity index (χ2v) is 8.03. The quantitative estimate of drug-likeness (QED) is 0.705. The maximum Gasteiger partial charge on any atom is 0.259 e. The summed E-state index contributed by atoms with van der Waals surface area (Å²) in [4.78, 5) is 3.94. The van der Waals surface area contributed by atoms with Crippen molar-refractivity contribution in [2.75, 3.05) is 12.3 Å². The number of nitrogens with zero attached hydrogens (tertiary/aromatic N) is 2. The molecule has 0 amide bonds. The first kappa shape index (κ1) is 16.2. The van der Waals surface area contributed by atoms with Gasteiger partial charge < -0.3 is 0 Å². The molecule has 0 aliphatic carbocycles. The van der Waals surface area contributed by atoms with Crippen molar-refractivity contribution in [1.29, 1.82) is 0 Å². The lowest BCUT2D eigenvalue weighted by atomic mass is 10.5. The predicted molar refractivity (Wildman–Crippen MR) is 78.0 cm³/mol. The Morgan fingerprint density at radius 3 is 2.67 bits per heavy atom. The van der Waals surface area contributed by atoms with Crippen LogP contribution in [0.3, 0.4) is 0 Å². The molecule has 0 atom stereocenters. The van der Waals surface area contributed by atoms with Crippen LogP contribution in [0.1, 0.15) is 6.42 Å². The van der Waals surface area contributed by atoms with E-state index in [0.717, 1.165) is 0 Å². The van der Waals surface area contributed by atoms with Crippen LogP contribution in [0.5, 0.6) is 0 Å². The smallest absolute Gasteiger partial charge is 0.259 e. The number of pyridine rings is 1. The molecule has 2 rings (SSSR count). The van der Waals surface area contributed by atoms with Crippen LogP contribution < -0.4 is 9.86 Å². The van der Waals surface area contributed by atoms with Crippen LogP contribution in [0.15, 0.2) is 29.4 Å². The highest BCUT2D eigenvalue weighted by Crippen LogP contribution is 2.22. The third-order valence-electron chi connectivity index (χ3n) is 2.60. The first-order valence-corrected chi connectivity index (χ1v) is 9.41. The van der Waals surface area contributed by atoms with Gasteiger partial charge in [0.1, 0.15) is 5.65 Å². The van der Waals surface area contributed by atoms with E-state index in [4.69, 9.17) is 16.7 Å². The van der Waals surface area contributed by atoms with Crippen molar-refractivity contribution < 1.29 is 16.8 Å². The number of fused-ring (bicyclic) bond motifs is 1. The van der Waals surface area contributed by atoms with E-state index in [2.05, 4.69) is 9.71 Å². The summed E-state index contributed by atoms with van der Waals surface area (Å²) in [5.74, 6) is -0.309. The third-order valence-corrected chi connectivity index (χ3v) is 5.32. The van der Waals surface area contributed by atoms with E-state index in [9.17, 15) is 16.8 Å². The zero-order valence-corrected chi connectivity index (χ0v) is 13.1. The van der Waals surface area contributed by atoms with Crippen LogP contribution in [0.2, 0.25) is 5.15 Å². The first-order valence-electron chi connectivity index (χ1n) is 5.83. The molecule has 2 aromatic rings. The molecule has 0 radical (unpaired) electrons. The summed E-state index contributed by atoms with van der Waals surface area (Å²) in [6.07, 6.45) is 1.58. The molecule has 21 heavy (non-hydrogen) atoms. The molecule has 0 unspecified atom stereocenters. The van der Waals surface area contributed by atoms with Gasteiger partial charge in [0, 0.05) is 12.7 Å². The summed E-state index contributed by atoms with van der Waals surface area (Å²) < 4.78 is 49.6. The van der Waals surface area contributed by atoms with Gasteiger partial charge in [-0.05, 0) is 18.6 Å². The molecular weight excluding hydrogens is 340 g/mol. The summed E-state index contributed by atoms with van der Waals surface area (Å²) in [7, 11) is -7.53. The van der Waals surface area contributed by atoms with Crippen LogP contribution in [-0.4, -0.2) is 38.5 Å². The SMILES string of the molecule is NS(=O)(=O)CCCNS(=O)(=O)c1c(Cl)nc2ccccn12. The Bertz CT molecular complexity index is 860.